The van der Waals surface area contributed by atoms with Gasteiger partial charge in [0.25, 0.3) is 5.91 Å². The maximum atomic E-state index is 12.3. The standard InChI is InChI=1S/C18H15BrN2O3/c1-23-14-8-7-12(17(10-14)24-2)9-13(11-20)18(22)21-16-6-4-3-5-15(16)19/h3-10H,1-2H3,(H,21,22). The molecule has 0 unspecified atom stereocenters. The second-order valence-corrected chi connectivity index (χ2v) is 5.57. The minimum atomic E-state index is -0.498. The van der Waals surface area contributed by atoms with Gasteiger partial charge < -0.3 is 14.8 Å². The van der Waals surface area contributed by atoms with Gasteiger partial charge in [0, 0.05) is 16.1 Å². The Bertz CT molecular complexity index is 825. The van der Waals surface area contributed by atoms with Crippen LogP contribution in [0.2, 0.25) is 0 Å². The van der Waals surface area contributed by atoms with Gasteiger partial charge in [-0.25, -0.2) is 0 Å². The number of halogens is 1. The highest BCUT2D eigenvalue weighted by Gasteiger charge is 2.13. The van der Waals surface area contributed by atoms with Crippen LogP contribution in [0.25, 0.3) is 6.08 Å². The Labute approximate surface area is 148 Å². The van der Waals surface area contributed by atoms with Gasteiger partial charge in [-0.15, -0.1) is 0 Å². The molecule has 24 heavy (non-hydrogen) atoms. The predicted molar refractivity (Wildman–Crippen MR) is 95.9 cm³/mol. The third-order valence-electron chi connectivity index (χ3n) is 3.23. The lowest BCUT2D eigenvalue weighted by molar-refractivity contribution is -0.112. The highest BCUT2D eigenvalue weighted by Crippen LogP contribution is 2.27. The third kappa shape index (κ3) is 4.15. The Morgan fingerprint density at radius 3 is 2.58 bits per heavy atom. The van der Waals surface area contributed by atoms with Gasteiger partial charge in [0.1, 0.15) is 23.1 Å². The number of benzene rings is 2. The topological polar surface area (TPSA) is 71.3 Å². The lowest BCUT2D eigenvalue weighted by atomic mass is 10.1. The zero-order valence-electron chi connectivity index (χ0n) is 13.2. The molecule has 0 aliphatic carbocycles. The molecule has 0 saturated carbocycles. The molecular formula is C18H15BrN2O3. The van der Waals surface area contributed by atoms with Crippen LogP contribution in [0.5, 0.6) is 11.5 Å². The number of carbonyl (C=O) groups is 1. The average Bonchev–Trinajstić information content (AvgIpc) is 2.61. The predicted octanol–water partition coefficient (Wildman–Crippen LogP) is 4.01. The molecule has 0 aromatic heterocycles. The SMILES string of the molecule is COc1ccc(C=C(C#N)C(=O)Nc2ccccc2Br)c(OC)c1. The number of carbonyl (C=O) groups excluding carboxylic acids is 1. The zero-order chi connectivity index (χ0) is 17.5. The smallest absolute Gasteiger partial charge is 0.266 e. The molecule has 0 saturated heterocycles. The highest BCUT2D eigenvalue weighted by molar-refractivity contribution is 9.10. The molecule has 0 aliphatic heterocycles. The summed E-state index contributed by atoms with van der Waals surface area (Å²) in [4.78, 5) is 12.3. The van der Waals surface area contributed by atoms with Crippen molar-refractivity contribution >= 4 is 33.6 Å². The van der Waals surface area contributed by atoms with Crippen molar-refractivity contribution < 1.29 is 14.3 Å². The fraction of sp³-hybridized carbons (Fsp3) is 0.111. The molecule has 0 atom stereocenters. The number of nitriles is 1. The van der Waals surface area contributed by atoms with E-state index in [9.17, 15) is 10.1 Å². The van der Waals surface area contributed by atoms with Crippen molar-refractivity contribution in [1.82, 2.24) is 0 Å². The first-order valence-corrected chi connectivity index (χ1v) is 7.78. The fourth-order valence-corrected chi connectivity index (χ4v) is 2.38. The number of para-hydroxylation sites is 1. The van der Waals surface area contributed by atoms with Gasteiger partial charge in [-0.3, -0.25) is 4.79 Å². The van der Waals surface area contributed by atoms with E-state index in [4.69, 9.17) is 9.47 Å². The molecule has 2 rings (SSSR count). The van der Waals surface area contributed by atoms with E-state index in [-0.39, 0.29) is 5.57 Å². The van der Waals surface area contributed by atoms with Crippen molar-refractivity contribution in [3.8, 4) is 17.6 Å². The molecule has 0 radical (unpaired) electrons. The molecule has 122 valence electrons. The summed E-state index contributed by atoms with van der Waals surface area (Å²) in [6.07, 6.45) is 1.48. The van der Waals surface area contributed by atoms with Gasteiger partial charge in [-0.05, 0) is 46.3 Å². The highest BCUT2D eigenvalue weighted by atomic mass is 79.9. The second kappa shape index (κ2) is 8.18. The van der Waals surface area contributed by atoms with E-state index in [2.05, 4.69) is 21.2 Å². The maximum Gasteiger partial charge on any atom is 0.266 e. The number of nitrogens with one attached hydrogen (secondary N) is 1. The Hall–Kier alpha value is -2.78. The van der Waals surface area contributed by atoms with Gasteiger partial charge in [-0.2, -0.15) is 5.26 Å². The van der Waals surface area contributed by atoms with Gasteiger partial charge in [0.15, 0.2) is 0 Å². The molecule has 0 fully saturated rings. The van der Waals surface area contributed by atoms with E-state index < -0.39 is 5.91 Å². The number of hydrogen-bond donors (Lipinski definition) is 1. The fourth-order valence-electron chi connectivity index (χ4n) is 1.99. The minimum absolute atomic E-state index is 0.0331. The van der Waals surface area contributed by atoms with Gasteiger partial charge in [0.05, 0.1) is 19.9 Å². The monoisotopic (exact) mass is 386 g/mol. The Balaban J connectivity index is 2.31. The normalized spacial score (nSPS) is 10.7. The minimum Gasteiger partial charge on any atom is -0.497 e. The number of hydrogen-bond acceptors (Lipinski definition) is 4. The number of nitrogens with zero attached hydrogens (tertiary/aromatic N) is 1. The Kier molecular flexibility index (Phi) is 5.99. The van der Waals surface area contributed by atoms with Crippen LogP contribution in [0.15, 0.2) is 52.5 Å². The van der Waals surface area contributed by atoms with Crippen LogP contribution in [-0.2, 0) is 4.79 Å². The first-order chi connectivity index (χ1) is 11.6. The first-order valence-electron chi connectivity index (χ1n) is 6.98. The number of methoxy groups -OCH3 is 2. The van der Waals surface area contributed by atoms with Crippen LogP contribution in [0, 0.1) is 11.3 Å². The lowest BCUT2D eigenvalue weighted by Crippen LogP contribution is -2.13. The van der Waals surface area contributed by atoms with Crippen molar-refractivity contribution in [2.24, 2.45) is 0 Å². The van der Waals surface area contributed by atoms with Crippen LogP contribution >= 0.6 is 15.9 Å². The van der Waals surface area contributed by atoms with Crippen molar-refractivity contribution in [3.63, 3.8) is 0 Å². The summed E-state index contributed by atoms with van der Waals surface area (Å²) < 4.78 is 11.1. The summed E-state index contributed by atoms with van der Waals surface area (Å²) in [5, 5.41) is 12.0. The molecule has 0 bridgehead atoms. The summed E-state index contributed by atoms with van der Waals surface area (Å²) in [7, 11) is 3.06. The van der Waals surface area contributed by atoms with E-state index in [1.54, 1.807) is 43.5 Å². The average molecular weight is 387 g/mol. The van der Waals surface area contributed by atoms with Crippen molar-refractivity contribution in [1.29, 1.82) is 5.26 Å². The van der Waals surface area contributed by atoms with E-state index in [0.29, 0.717) is 22.7 Å². The van der Waals surface area contributed by atoms with E-state index in [0.717, 1.165) is 4.47 Å². The van der Waals surface area contributed by atoms with Gasteiger partial charge in [0.2, 0.25) is 0 Å². The number of rotatable bonds is 5. The molecule has 2 aromatic carbocycles. The van der Waals surface area contributed by atoms with Crippen LogP contribution in [-0.4, -0.2) is 20.1 Å². The van der Waals surface area contributed by atoms with Gasteiger partial charge >= 0.3 is 0 Å². The molecule has 0 spiro atoms. The van der Waals surface area contributed by atoms with Crippen LogP contribution in [0.1, 0.15) is 5.56 Å². The summed E-state index contributed by atoms with van der Waals surface area (Å²) in [6, 6.07) is 14.2. The number of ether oxygens (including phenoxy) is 2. The third-order valence-corrected chi connectivity index (χ3v) is 3.92. The molecule has 6 heteroatoms. The zero-order valence-corrected chi connectivity index (χ0v) is 14.8. The maximum absolute atomic E-state index is 12.3. The molecule has 0 aliphatic rings. The van der Waals surface area contributed by atoms with E-state index >= 15 is 0 Å². The van der Waals surface area contributed by atoms with Gasteiger partial charge in [-0.1, -0.05) is 12.1 Å². The van der Waals surface area contributed by atoms with Crippen LogP contribution in [0.3, 0.4) is 0 Å². The quantitative estimate of drug-likeness (QED) is 0.622. The molecule has 1 N–H and O–H groups in total. The Morgan fingerprint density at radius 1 is 1.21 bits per heavy atom. The molecule has 0 heterocycles. The van der Waals surface area contributed by atoms with Crippen LogP contribution < -0.4 is 14.8 Å². The van der Waals surface area contributed by atoms with Crippen molar-refractivity contribution in [2.75, 3.05) is 19.5 Å². The Morgan fingerprint density at radius 2 is 1.96 bits per heavy atom. The summed E-state index contributed by atoms with van der Waals surface area (Å²) in [6.45, 7) is 0. The molecule has 5 nitrogen and oxygen atoms in total. The lowest BCUT2D eigenvalue weighted by Gasteiger charge is -2.09. The second-order valence-electron chi connectivity index (χ2n) is 4.71. The largest absolute Gasteiger partial charge is 0.497 e. The van der Waals surface area contributed by atoms with Crippen LogP contribution in [0.4, 0.5) is 5.69 Å². The number of anilines is 1. The molecule has 2 aromatic rings. The summed E-state index contributed by atoms with van der Waals surface area (Å²) in [5.41, 5.74) is 1.16. The molecular weight excluding hydrogens is 372 g/mol. The summed E-state index contributed by atoms with van der Waals surface area (Å²) in [5.74, 6) is 0.637. The molecule has 1 amide bonds. The first kappa shape index (κ1) is 17.6. The van der Waals surface area contributed by atoms with Crippen molar-refractivity contribution in [3.05, 3.63) is 58.1 Å². The van der Waals surface area contributed by atoms with E-state index in [1.165, 1.54) is 13.2 Å². The van der Waals surface area contributed by atoms with E-state index in [1.807, 2.05) is 12.1 Å². The summed E-state index contributed by atoms with van der Waals surface area (Å²) >= 11 is 3.35. The van der Waals surface area contributed by atoms with Crippen molar-refractivity contribution in [2.45, 2.75) is 0 Å². The number of amides is 1.